The molecule has 0 aliphatic carbocycles. The molecule has 1 rings (SSSR count). The molecular formula is C13H13Cl2NO3Si-. The van der Waals surface area contributed by atoms with Gasteiger partial charge >= 0.3 is 0 Å². The number of carbonyl (C=O) groups excluding carboxylic acids is 1. The third-order valence-corrected chi connectivity index (χ3v) is 7.18. The fourth-order valence-corrected chi connectivity index (χ4v) is 3.48. The zero-order valence-corrected chi connectivity index (χ0v) is 13.7. The van der Waals surface area contributed by atoms with E-state index < -0.39 is 25.5 Å². The van der Waals surface area contributed by atoms with Crippen molar-refractivity contribution in [2.45, 2.75) is 31.2 Å². The lowest BCUT2D eigenvalue weighted by atomic mass is 10.3. The van der Waals surface area contributed by atoms with Gasteiger partial charge in [-0.15, -0.1) is 0 Å². The van der Waals surface area contributed by atoms with Gasteiger partial charge in [0.25, 0.3) is 0 Å². The average molecular weight is 330 g/mol. The van der Waals surface area contributed by atoms with Crippen LogP contribution in [0.25, 0.3) is 0 Å². The number of nitrogens with zero attached hydrogens (tertiary/aromatic N) is 1. The molecule has 0 bridgehead atoms. The molecule has 0 saturated carbocycles. The van der Waals surface area contributed by atoms with E-state index in [2.05, 4.69) is 6.07 Å². The van der Waals surface area contributed by atoms with Crippen molar-refractivity contribution in [1.29, 1.82) is 5.26 Å². The van der Waals surface area contributed by atoms with Crippen LogP contribution < -0.4 is 9.84 Å². The van der Waals surface area contributed by atoms with Crippen LogP contribution in [0.3, 0.4) is 0 Å². The zero-order valence-electron chi connectivity index (χ0n) is 11.2. The molecule has 0 saturated heterocycles. The largest absolute Gasteiger partial charge is 0.546 e. The summed E-state index contributed by atoms with van der Waals surface area (Å²) in [6.07, 6.45) is 0. The Morgan fingerprint density at radius 1 is 1.50 bits per heavy atom. The lowest BCUT2D eigenvalue weighted by Crippen LogP contribution is -2.60. The molecule has 0 spiro atoms. The summed E-state index contributed by atoms with van der Waals surface area (Å²) in [5.74, 6) is -1.07. The number of hydrogen-bond donors (Lipinski definition) is 0. The second-order valence-corrected chi connectivity index (χ2v) is 8.53. The van der Waals surface area contributed by atoms with Crippen molar-refractivity contribution in [2.24, 2.45) is 0 Å². The van der Waals surface area contributed by atoms with E-state index >= 15 is 0 Å². The van der Waals surface area contributed by atoms with Gasteiger partial charge in [0.15, 0.2) is 0 Å². The molecule has 7 heteroatoms. The molecule has 0 aromatic heterocycles. The minimum absolute atomic E-state index is 0.267. The highest BCUT2D eigenvalue weighted by molar-refractivity contribution is 6.66. The van der Waals surface area contributed by atoms with Crippen LogP contribution in [0.4, 0.5) is 0 Å². The van der Waals surface area contributed by atoms with Crippen LogP contribution in [-0.2, 0) is 4.79 Å². The topological polar surface area (TPSA) is 73.1 Å². The molecule has 1 aromatic carbocycles. The van der Waals surface area contributed by atoms with E-state index in [0.29, 0.717) is 5.02 Å². The van der Waals surface area contributed by atoms with E-state index in [1.54, 1.807) is 13.5 Å². The fraction of sp³-hybridized carbons (Fsp3) is 0.385. The Hall–Kier alpha value is -1.22. The highest BCUT2D eigenvalue weighted by atomic mass is 35.5. The fourth-order valence-electron chi connectivity index (χ4n) is 1.57. The normalized spacial score (nSPS) is 15.2. The number of halogens is 2. The van der Waals surface area contributed by atoms with Crippen molar-refractivity contribution in [2.75, 3.05) is 0 Å². The summed E-state index contributed by atoms with van der Waals surface area (Å²) in [7, 11) is -1.70. The molecule has 1 radical (unpaired) electrons. The van der Waals surface area contributed by atoms with E-state index in [0.717, 1.165) is 0 Å². The van der Waals surface area contributed by atoms with Crippen LogP contribution in [-0.4, -0.2) is 20.0 Å². The zero-order chi connectivity index (χ0) is 15.5. The molecule has 0 aliphatic heterocycles. The van der Waals surface area contributed by atoms with E-state index in [4.69, 9.17) is 33.2 Å². The quantitative estimate of drug-likeness (QED) is 0.778. The lowest BCUT2D eigenvalue weighted by molar-refractivity contribution is -0.316. The first-order valence-corrected chi connectivity index (χ1v) is 8.64. The molecule has 2 atom stereocenters. The number of rotatable bonds is 5. The second-order valence-electron chi connectivity index (χ2n) is 4.53. The highest BCUT2D eigenvalue weighted by Crippen LogP contribution is 2.31. The highest BCUT2D eigenvalue weighted by Gasteiger charge is 2.40. The smallest absolute Gasteiger partial charge is 0.131 e. The maximum Gasteiger partial charge on any atom is 0.131 e. The van der Waals surface area contributed by atoms with Gasteiger partial charge in [0.1, 0.15) is 19.8 Å². The van der Waals surface area contributed by atoms with Crippen LogP contribution >= 0.6 is 23.2 Å². The monoisotopic (exact) mass is 329 g/mol. The molecule has 0 aliphatic rings. The van der Waals surface area contributed by atoms with Gasteiger partial charge in [-0.05, 0) is 19.1 Å². The summed E-state index contributed by atoms with van der Waals surface area (Å²) in [5, 5.41) is 19.5. The molecule has 0 fully saturated rings. The third kappa shape index (κ3) is 3.45. The first kappa shape index (κ1) is 16.8. The number of aliphatic carboxylic acids is 1. The standard InChI is InChI=1S/C13H14Cl2NO3Si/c1-8(7-16)20(3)13(2,12(17)18)19-9-4-5-10(14)11(15)6-9/h4-6,8H,1-3H3,(H,17,18)/p-1. The molecule has 2 unspecified atom stereocenters. The predicted molar refractivity (Wildman–Crippen MR) is 77.2 cm³/mol. The molecule has 0 heterocycles. The number of carbonyl (C=O) groups is 1. The van der Waals surface area contributed by atoms with Crippen molar-refractivity contribution in [3.05, 3.63) is 28.2 Å². The van der Waals surface area contributed by atoms with E-state index in [-0.39, 0.29) is 10.8 Å². The van der Waals surface area contributed by atoms with Crippen LogP contribution in [0.15, 0.2) is 18.2 Å². The molecule has 1 aromatic rings. The Balaban J connectivity index is 3.12. The third-order valence-electron chi connectivity index (χ3n) is 3.20. The minimum Gasteiger partial charge on any atom is -0.546 e. The maximum atomic E-state index is 11.5. The molecule has 20 heavy (non-hydrogen) atoms. The molecule has 0 amide bonds. The summed E-state index contributed by atoms with van der Waals surface area (Å²) in [4.78, 5) is 11.5. The average Bonchev–Trinajstić information content (AvgIpc) is 2.40. The maximum absolute atomic E-state index is 11.5. The number of hydrogen-bond acceptors (Lipinski definition) is 4. The van der Waals surface area contributed by atoms with Crippen LogP contribution in [0, 0.1) is 11.3 Å². The van der Waals surface area contributed by atoms with Crippen LogP contribution in [0.5, 0.6) is 5.75 Å². The summed E-state index contributed by atoms with van der Waals surface area (Å²) >= 11 is 11.7. The first-order valence-electron chi connectivity index (χ1n) is 5.81. The van der Waals surface area contributed by atoms with Gasteiger partial charge in [0.2, 0.25) is 0 Å². The van der Waals surface area contributed by atoms with E-state index in [1.807, 2.05) is 0 Å². The molecule has 107 valence electrons. The van der Waals surface area contributed by atoms with E-state index in [9.17, 15) is 9.90 Å². The number of nitriles is 1. The molecule has 4 nitrogen and oxygen atoms in total. The Morgan fingerprint density at radius 2 is 2.10 bits per heavy atom. The van der Waals surface area contributed by atoms with Gasteiger partial charge < -0.3 is 14.6 Å². The summed E-state index contributed by atoms with van der Waals surface area (Å²) < 4.78 is 5.57. The molecule has 0 N–H and O–H groups in total. The van der Waals surface area contributed by atoms with Gasteiger partial charge in [0, 0.05) is 11.6 Å². The number of ether oxygens (including phenoxy) is 1. The Kier molecular flexibility index (Phi) is 5.46. The van der Waals surface area contributed by atoms with Gasteiger partial charge in [-0.1, -0.05) is 36.7 Å². The van der Waals surface area contributed by atoms with Crippen molar-refractivity contribution < 1.29 is 14.6 Å². The predicted octanol–water partition coefficient (Wildman–Crippen LogP) is 2.46. The second kappa shape index (κ2) is 6.49. The van der Waals surface area contributed by atoms with Crippen LogP contribution in [0.2, 0.25) is 22.1 Å². The lowest BCUT2D eigenvalue weighted by Gasteiger charge is -2.37. The van der Waals surface area contributed by atoms with Gasteiger partial charge in [-0.2, -0.15) is 5.26 Å². The SMILES string of the molecule is CC(C#N)[Si](C)C(C)(Oc1ccc(Cl)c(Cl)c1)C(=O)[O-]. The van der Waals surface area contributed by atoms with Crippen molar-refractivity contribution in [3.63, 3.8) is 0 Å². The number of carboxylic acid groups (broad SMARTS) is 1. The summed E-state index contributed by atoms with van der Waals surface area (Å²) in [5.41, 5.74) is -0.411. The van der Waals surface area contributed by atoms with Gasteiger partial charge in [0.05, 0.1) is 22.1 Å². The van der Waals surface area contributed by atoms with Gasteiger partial charge in [-0.3, -0.25) is 0 Å². The van der Waals surface area contributed by atoms with Gasteiger partial charge in [-0.25, -0.2) is 0 Å². The Labute approximate surface area is 129 Å². The first-order chi connectivity index (χ1) is 9.22. The minimum atomic E-state index is -1.70. The van der Waals surface area contributed by atoms with Crippen molar-refractivity contribution in [3.8, 4) is 11.8 Å². The Morgan fingerprint density at radius 3 is 2.55 bits per heavy atom. The Bertz CT molecular complexity index is 561. The number of carboxylic acids is 1. The summed E-state index contributed by atoms with van der Waals surface area (Å²) in [6, 6.07) is 6.55. The summed E-state index contributed by atoms with van der Waals surface area (Å²) in [6.45, 7) is 4.83. The molecular weight excluding hydrogens is 317 g/mol. The number of benzene rings is 1. The van der Waals surface area contributed by atoms with Crippen LogP contribution in [0.1, 0.15) is 13.8 Å². The van der Waals surface area contributed by atoms with Crippen molar-refractivity contribution in [1.82, 2.24) is 0 Å². The van der Waals surface area contributed by atoms with E-state index in [1.165, 1.54) is 25.1 Å². The van der Waals surface area contributed by atoms with Crippen molar-refractivity contribution >= 4 is 38.0 Å².